The summed E-state index contributed by atoms with van der Waals surface area (Å²) in [5, 5.41) is 13.1. The molecule has 1 aromatic heterocycles. The summed E-state index contributed by atoms with van der Waals surface area (Å²) in [6.45, 7) is 5.18. The maximum atomic E-state index is 14.9. The van der Waals surface area contributed by atoms with E-state index in [-0.39, 0.29) is 60.1 Å². The molecule has 350 valence electrons. The Morgan fingerprint density at radius 2 is 1.62 bits per heavy atom. The Kier molecular flexibility index (Phi) is 14.4. The molecule has 1 N–H and O–H groups in total. The zero-order valence-electron chi connectivity index (χ0n) is 37.3. The number of esters is 1. The molecule has 0 spiro atoms. The van der Waals surface area contributed by atoms with Crippen LogP contribution in [-0.4, -0.2) is 67.8 Å². The van der Waals surface area contributed by atoms with E-state index < -0.39 is 40.1 Å². The number of carbonyl (C=O) groups excluding carboxylic acids is 3. The van der Waals surface area contributed by atoms with Crippen LogP contribution < -0.4 is 24.4 Å². The molecule has 5 aromatic carbocycles. The predicted octanol–water partition coefficient (Wildman–Crippen LogP) is 8.78. The molecule has 0 saturated carbocycles. The lowest BCUT2D eigenvalue weighted by atomic mass is 9.93. The molecule has 2 amide bonds. The fourth-order valence-corrected chi connectivity index (χ4v) is 11.7. The summed E-state index contributed by atoms with van der Waals surface area (Å²) in [7, 11) is -3.26. The number of methoxy groups -OCH3 is 1. The molecule has 3 heterocycles. The summed E-state index contributed by atoms with van der Waals surface area (Å²) in [5.74, 6) is -0.281. The summed E-state index contributed by atoms with van der Waals surface area (Å²) in [6, 6.07) is 30.4. The largest absolute Gasteiger partial charge is 0.489 e. The van der Waals surface area contributed by atoms with Gasteiger partial charge in [0.25, 0.3) is 10.0 Å². The minimum absolute atomic E-state index is 0.0473. The molecular formula is C50H45Cl2N5O9S2. The van der Waals surface area contributed by atoms with Gasteiger partial charge in [-0.25, -0.2) is 18.2 Å². The van der Waals surface area contributed by atoms with E-state index in [0.717, 1.165) is 37.9 Å². The Bertz CT molecular complexity index is 3030. The lowest BCUT2D eigenvalue weighted by Gasteiger charge is -2.36. The number of carbonyl (C=O) groups is 3. The highest BCUT2D eigenvalue weighted by atomic mass is 35.5. The van der Waals surface area contributed by atoms with Gasteiger partial charge in [0.2, 0.25) is 11.8 Å². The minimum Gasteiger partial charge on any atom is -0.489 e. The number of nitrogens with zero attached hydrogens (tertiary/aromatic N) is 4. The fraction of sp³-hybridized carbons (Fsp3) is 0.260. The van der Waals surface area contributed by atoms with E-state index in [4.69, 9.17) is 42.1 Å². The lowest BCUT2D eigenvalue weighted by Crippen LogP contribution is -2.56. The molecule has 8 rings (SSSR count). The molecule has 0 radical (unpaired) electrons. The van der Waals surface area contributed by atoms with Crippen LogP contribution in [0.1, 0.15) is 59.0 Å². The molecular weight excluding hydrogens is 950 g/mol. The number of fused-ring (bicyclic) bond motifs is 2. The zero-order valence-corrected chi connectivity index (χ0v) is 40.5. The van der Waals surface area contributed by atoms with Gasteiger partial charge in [-0.2, -0.15) is 9.57 Å². The number of aryl methyl sites for hydroxylation is 1. The lowest BCUT2D eigenvalue weighted by molar-refractivity contribution is -0.145. The van der Waals surface area contributed by atoms with Crippen molar-refractivity contribution in [1.29, 1.82) is 5.26 Å². The van der Waals surface area contributed by atoms with Crippen molar-refractivity contribution in [2.24, 2.45) is 0 Å². The van der Waals surface area contributed by atoms with E-state index in [1.807, 2.05) is 66.7 Å². The second-order valence-electron chi connectivity index (χ2n) is 16.2. The maximum Gasteiger partial charge on any atom is 0.328 e. The van der Waals surface area contributed by atoms with Crippen LogP contribution in [0.2, 0.25) is 10.0 Å². The number of ether oxygens (including phenoxy) is 4. The number of anilines is 1. The number of nitriles is 1. The first kappa shape index (κ1) is 48.0. The quantitative estimate of drug-likeness (QED) is 0.103. The van der Waals surface area contributed by atoms with Gasteiger partial charge in [-0.15, -0.1) is 0 Å². The van der Waals surface area contributed by atoms with Gasteiger partial charge in [-0.1, -0.05) is 89.1 Å². The highest BCUT2D eigenvalue weighted by Crippen LogP contribution is 2.43. The Morgan fingerprint density at radius 3 is 2.26 bits per heavy atom. The normalized spacial score (nSPS) is 15.9. The molecule has 14 nitrogen and oxygen atoms in total. The Morgan fingerprint density at radius 1 is 0.941 bits per heavy atom. The Balaban J connectivity index is 1.05. The average molecular weight is 995 g/mol. The topological polar surface area (TPSA) is 177 Å². The van der Waals surface area contributed by atoms with Crippen LogP contribution >= 0.6 is 34.5 Å². The van der Waals surface area contributed by atoms with Crippen molar-refractivity contribution in [3.63, 3.8) is 0 Å². The smallest absolute Gasteiger partial charge is 0.328 e. The van der Waals surface area contributed by atoms with Crippen LogP contribution in [0.4, 0.5) is 5.13 Å². The van der Waals surface area contributed by atoms with Gasteiger partial charge in [-0.3, -0.25) is 14.5 Å². The third kappa shape index (κ3) is 10.3. The van der Waals surface area contributed by atoms with Crippen molar-refractivity contribution in [2.45, 2.75) is 69.2 Å². The summed E-state index contributed by atoms with van der Waals surface area (Å²) < 4.78 is 54.6. The molecule has 0 bridgehead atoms. The molecule has 2 aliphatic rings. The molecule has 0 aliphatic carbocycles. The molecule has 2 aliphatic heterocycles. The highest BCUT2D eigenvalue weighted by molar-refractivity contribution is 7.91. The van der Waals surface area contributed by atoms with E-state index >= 15 is 0 Å². The van der Waals surface area contributed by atoms with Gasteiger partial charge < -0.3 is 24.3 Å². The Labute approximate surface area is 408 Å². The highest BCUT2D eigenvalue weighted by Gasteiger charge is 2.43. The molecule has 1 unspecified atom stereocenters. The third-order valence-electron chi connectivity index (χ3n) is 11.7. The summed E-state index contributed by atoms with van der Waals surface area (Å²) >= 11 is 13.1. The summed E-state index contributed by atoms with van der Waals surface area (Å²) in [6.07, 6.45) is -0.530. The molecule has 6 aromatic rings. The molecule has 18 heteroatoms. The SMILES string of the molecule is CCN(C(C)=O)c1nc(C)c(S(=O)(=O)N2Cc3cc4c(cc3C[C@H]2C(=O)N[C@@H](Cc2ccc(-c3ccc(C#N)cc3)cc2)C(=O)OC)OCC(c2ccc(OCc3ccc(Cl)c(Cl)c3)cc2)O4)s1. The number of halogens is 2. The van der Waals surface area contributed by atoms with E-state index in [1.54, 1.807) is 50.2 Å². The molecule has 68 heavy (non-hydrogen) atoms. The van der Waals surface area contributed by atoms with Crippen molar-refractivity contribution >= 4 is 67.5 Å². The number of benzene rings is 5. The van der Waals surface area contributed by atoms with E-state index in [0.29, 0.717) is 49.5 Å². The fourth-order valence-electron chi connectivity index (χ4n) is 8.07. The van der Waals surface area contributed by atoms with Crippen LogP contribution in [0, 0.1) is 18.3 Å². The monoisotopic (exact) mass is 993 g/mol. The number of nitrogens with one attached hydrogen (secondary N) is 1. The van der Waals surface area contributed by atoms with E-state index in [9.17, 15) is 28.1 Å². The zero-order chi connectivity index (χ0) is 48.3. The van der Waals surface area contributed by atoms with Crippen molar-refractivity contribution in [2.75, 3.05) is 25.2 Å². The number of thiazole rings is 1. The molecule has 3 atom stereocenters. The second kappa shape index (κ2) is 20.4. The number of sulfonamides is 1. The van der Waals surface area contributed by atoms with Gasteiger partial charge in [-0.05, 0) is 108 Å². The first-order chi connectivity index (χ1) is 32.6. The third-order valence-corrected chi connectivity index (χ3v) is 16.1. The van der Waals surface area contributed by atoms with Gasteiger partial charge in [0.05, 0.1) is 34.5 Å². The number of hydrogen-bond acceptors (Lipinski definition) is 12. The van der Waals surface area contributed by atoms with Crippen LogP contribution in [0.25, 0.3) is 11.1 Å². The maximum absolute atomic E-state index is 14.9. The standard InChI is InChI=1S/C50H45Cl2N5O9S2/c1-5-56(30(3)58)50-54-29(2)49(67-50)68(61,62)57-26-38-24-45-44(65-28-46(66-45)36-15-17-39(18-16-36)64-27-33-10-19-40(51)41(52)20-33)23-37(38)22-43(57)47(59)55-42(48(60)63-4)21-31-6-11-34(12-7-31)35-13-8-32(25-53)9-14-35/h6-20,23-24,42-43,46H,5,21-22,26-28H2,1-4H3,(H,55,59)/t42-,43-,46?/m0/s1. The second-order valence-corrected chi connectivity index (χ2v) is 20.0. The van der Waals surface area contributed by atoms with E-state index in [1.165, 1.54) is 18.9 Å². The first-order valence-electron chi connectivity index (χ1n) is 21.5. The van der Waals surface area contributed by atoms with Crippen molar-refractivity contribution in [1.82, 2.24) is 14.6 Å². The average Bonchev–Trinajstić information content (AvgIpc) is 3.74. The van der Waals surface area contributed by atoms with E-state index in [2.05, 4.69) is 16.4 Å². The van der Waals surface area contributed by atoms with Gasteiger partial charge in [0, 0.05) is 26.4 Å². The van der Waals surface area contributed by atoms with Crippen molar-refractivity contribution in [3.8, 4) is 34.4 Å². The van der Waals surface area contributed by atoms with Crippen LogP contribution in [0.3, 0.4) is 0 Å². The molecule has 0 fully saturated rings. The minimum atomic E-state index is -4.48. The number of amides is 2. The van der Waals surface area contributed by atoms with Crippen molar-refractivity contribution < 1.29 is 41.7 Å². The number of rotatable bonds is 14. The van der Waals surface area contributed by atoms with Crippen molar-refractivity contribution in [3.05, 3.63) is 152 Å². The summed E-state index contributed by atoms with van der Waals surface area (Å²) in [5.41, 5.74) is 6.12. The van der Waals surface area contributed by atoms with Crippen LogP contribution in [-0.2, 0) is 55.1 Å². The van der Waals surface area contributed by atoms with Gasteiger partial charge >= 0.3 is 5.97 Å². The molecule has 0 saturated heterocycles. The predicted molar refractivity (Wildman–Crippen MR) is 258 cm³/mol. The first-order valence-corrected chi connectivity index (χ1v) is 24.5. The number of aromatic nitrogens is 1. The van der Waals surface area contributed by atoms with Gasteiger partial charge in [0.15, 0.2) is 26.9 Å². The Hall–Kier alpha value is -6.48. The van der Waals surface area contributed by atoms with Crippen LogP contribution in [0.5, 0.6) is 17.2 Å². The van der Waals surface area contributed by atoms with Gasteiger partial charge in [0.1, 0.15) is 31.0 Å². The summed E-state index contributed by atoms with van der Waals surface area (Å²) in [4.78, 5) is 46.2. The number of hydrogen-bond donors (Lipinski definition) is 1. The van der Waals surface area contributed by atoms with Crippen LogP contribution in [0.15, 0.2) is 107 Å².